The molecule has 0 spiro atoms. The number of thiocarbonyl (C=S) groups is 1. The van der Waals surface area contributed by atoms with Crippen LogP contribution in [-0.4, -0.2) is 29.6 Å². The van der Waals surface area contributed by atoms with E-state index in [1.54, 1.807) is 0 Å². The van der Waals surface area contributed by atoms with E-state index >= 15 is 0 Å². The third kappa shape index (κ3) is 4.83. The van der Waals surface area contributed by atoms with Crippen molar-refractivity contribution in [2.75, 3.05) is 25.0 Å². The SMILES string of the molecule is Cc1ccc(NC(=S)NC[C@@H]2CCN([C@H](C)c3ccccc3)C2)cc1C. The predicted octanol–water partition coefficient (Wildman–Crippen LogP) is 4.67. The van der Waals surface area contributed by atoms with Gasteiger partial charge in [0.1, 0.15) is 0 Å². The molecule has 2 aromatic carbocycles. The fourth-order valence-electron chi connectivity index (χ4n) is 3.55. The third-order valence-corrected chi connectivity index (χ3v) is 5.71. The van der Waals surface area contributed by atoms with Gasteiger partial charge in [0.05, 0.1) is 0 Å². The second-order valence-corrected chi connectivity index (χ2v) is 7.78. The van der Waals surface area contributed by atoms with Gasteiger partial charge in [0.25, 0.3) is 0 Å². The molecule has 0 radical (unpaired) electrons. The Labute approximate surface area is 162 Å². The molecular formula is C22H29N3S. The van der Waals surface area contributed by atoms with E-state index in [2.05, 4.69) is 84.8 Å². The molecule has 0 unspecified atom stereocenters. The van der Waals surface area contributed by atoms with Crippen LogP contribution in [0, 0.1) is 19.8 Å². The van der Waals surface area contributed by atoms with E-state index in [0.717, 1.165) is 25.3 Å². The van der Waals surface area contributed by atoms with Crippen molar-refractivity contribution < 1.29 is 0 Å². The van der Waals surface area contributed by atoms with Crippen molar-refractivity contribution in [2.24, 2.45) is 5.92 Å². The molecule has 0 amide bonds. The first-order chi connectivity index (χ1) is 12.5. The quantitative estimate of drug-likeness (QED) is 0.751. The van der Waals surface area contributed by atoms with E-state index in [1.165, 1.54) is 23.1 Å². The Kier molecular flexibility index (Phi) is 6.28. The van der Waals surface area contributed by atoms with Crippen molar-refractivity contribution in [1.29, 1.82) is 0 Å². The lowest BCUT2D eigenvalue weighted by atomic mass is 10.1. The van der Waals surface area contributed by atoms with Gasteiger partial charge in [-0.05, 0) is 80.7 Å². The van der Waals surface area contributed by atoms with Crippen molar-refractivity contribution in [3.63, 3.8) is 0 Å². The van der Waals surface area contributed by atoms with Crippen LogP contribution in [0.3, 0.4) is 0 Å². The number of benzene rings is 2. The summed E-state index contributed by atoms with van der Waals surface area (Å²) in [6, 6.07) is 17.6. The fraction of sp³-hybridized carbons (Fsp3) is 0.409. The molecule has 2 atom stereocenters. The van der Waals surface area contributed by atoms with E-state index in [4.69, 9.17) is 12.2 Å². The average Bonchev–Trinajstić information content (AvgIpc) is 3.12. The number of aryl methyl sites for hydroxylation is 2. The largest absolute Gasteiger partial charge is 0.362 e. The number of rotatable bonds is 5. The number of anilines is 1. The minimum absolute atomic E-state index is 0.474. The summed E-state index contributed by atoms with van der Waals surface area (Å²) in [7, 11) is 0. The minimum atomic E-state index is 0.474. The van der Waals surface area contributed by atoms with Gasteiger partial charge in [0, 0.05) is 24.8 Å². The Morgan fingerprint density at radius 3 is 2.65 bits per heavy atom. The second-order valence-electron chi connectivity index (χ2n) is 7.37. The van der Waals surface area contributed by atoms with E-state index in [0.29, 0.717) is 17.1 Å². The Hall–Kier alpha value is -1.91. The highest BCUT2D eigenvalue weighted by Gasteiger charge is 2.26. The van der Waals surface area contributed by atoms with Gasteiger partial charge in [0.15, 0.2) is 5.11 Å². The van der Waals surface area contributed by atoms with E-state index in [1.807, 2.05) is 0 Å². The first kappa shape index (κ1) is 18.9. The van der Waals surface area contributed by atoms with Crippen LogP contribution in [0.15, 0.2) is 48.5 Å². The molecule has 0 bridgehead atoms. The van der Waals surface area contributed by atoms with Gasteiger partial charge in [0.2, 0.25) is 0 Å². The molecule has 0 aliphatic carbocycles. The van der Waals surface area contributed by atoms with Crippen LogP contribution in [0.5, 0.6) is 0 Å². The van der Waals surface area contributed by atoms with Crippen LogP contribution in [0.25, 0.3) is 0 Å². The Morgan fingerprint density at radius 1 is 1.15 bits per heavy atom. The molecule has 4 heteroatoms. The van der Waals surface area contributed by atoms with Crippen LogP contribution in [0.4, 0.5) is 5.69 Å². The Balaban J connectivity index is 1.45. The molecule has 0 aromatic heterocycles. The van der Waals surface area contributed by atoms with Crippen LogP contribution in [0.1, 0.15) is 36.1 Å². The topological polar surface area (TPSA) is 27.3 Å². The van der Waals surface area contributed by atoms with Gasteiger partial charge in [-0.15, -0.1) is 0 Å². The molecule has 1 saturated heterocycles. The third-order valence-electron chi connectivity index (χ3n) is 5.46. The van der Waals surface area contributed by atoms with Crippen LogP contribution in [0.2, 0.25) is 0 Å². The number of hydrogen-bond donors (Lipinski definition) is 2. The van der Waals surface area contributed by atoms with Gasteiger partial charge in [-0.2, -0.15) is 0 Å². The molecule has 3 rings (SSSR count). The zero-order chi connectivity index (χ0) is 18.5. The van der Waals surface area contributed by atoms with Gasteiger partial charge in [-0.3, -0.25) is 4.90 Å². The summed E-state index contributed by atoms with van der Waals surface area (Å²) >= 11 is 5.47. The van der Waals surface area contributed by atoms with Crippen molar-refractivity contribution in [2.45, 2.75) is 33.2 Å². The maximum absolute atomic E-state index is 5.47. The fourth-order valence-corrected chi connectivity index (χ4v) is 3.76. The van der Waals surface area contributed by atoms with Crippen molar-refractivity contribution in [1.82, 2.24) is 10.2 Å². The summed E-state index contributed by atoms with van der Waals surface area (Å²) in [4.78, 5) is 2.57. The van der Waals surface area contributed by atoms with Crippen molar-refractivity contribution >= 4 is 23.0 Å². The normalized spacial score (nSPS) is 18.5. The maximum atomic E-state index is 5.47. The highest BCUT2D eigenvalue weighted by molar-refractivity contribution is 7.80. The highest BCUT2D eigenvalue weighted by Crippen LogP contribution is 2.26. The zero-order valence-corrected chi connectivity index (χ0v) is 16.8. The van der Waals surface area contributed by atoms with Gasteiger partial charge in [-0.1, -0.05) is 36.4 Å². The molecule has 2 N–H and O–H groups in total. The zero-order valence-electron chi connectivity index (χ0n) is 16.0. The molecule has 1 aliphatic heterocycles. The predicted molar refractivity (Wildman–Crippen MR) is 115 cm³/mol. The standard InChI is InChI=1S/C22H29N3S/c1-16-9-10-21(13-17(16)2)24-22(26)23-14-19-11-12-25(15-19)18(3)20-7-5-4-6-8-20/h4-10,13,18-19H,11-12,14-15H2,1-3H3,(H2,23,24,26)/t18-,19+/m1/s1. The van der Waals surface area contributed by atoms with Gasteiger partial charge in [-0.25, -0.2) is 0 Å². The molecule has 138 valence electrons. The summed E-state index contributed by atoms with van der Waals surface area (Å²) < 4.78 is 0. The van der Waals surface area contributed by atoms with E-state index in [-0.39, 0.29) is 0 Å². The lowest BCUT2D eigenvalue weighted by Crippen LogP contribution is -2.34. The smallest absolute Gasteiger partial charge is 0.170 e. The maximum Gasteiger partial charge on any atom is 0.170 e. The molecule has 26 heavy (non-hydrogen) atoms. The Morgan fingerprint density at radius 2 is 1.92 bits per heavy atom. The van der Waals surface area contributed by atoms with Gasteiger partial charge < -0.3 is 10.6 Å². The minimum Gasteiger partial charge on any atom is -0.362 e. The lowest BCUT2D eigenvalue weighted by molar-refractivity contribution is 0.253. The van der Waals surface area contributed by atoms with Crippen molar-refractivity contribution in [3.05, 3.63) is 65.2 Å². The summed E-state index contributed by atoms with van der Waals surface area (Å²) in [5.74, 6) is 0.640. The highest BCUT2D eigenvalue weighted by atomic mass is 32.1. The van der Waals surface area contributed by atoms with Crippen LogP contribution < -0.4 is 10.6 Å². The molecule has 1 fully saturated rings. The summed E-state index contributed by atoms with van der Waals surface area (Å²) in [6.07, 6.45) is 1.22. The van der Waals surface area contributed by atoms with Crippen molar-refractivity contribution in [3.8, 4) is 0 Å². The summed E-state index contributed by atoms with van der Waals surface area (Å²) in [5, 5.41) is 7.41. The lowest BCUT2D eigenvalue weighted by Gasteiger charge is -2.25. The van der Waals surface area contributed by atoms with Gasteiger partial charge >= 0.3 is 0 Å². The van der Waals surface area contributed by atoms with Crippen LogP contribution >= 0.6 is 12.2 Å². The first-order valence-corrected chi connectivity index (χ1v) is 9.85. The molecule has 3 nitrogen and oxygen atoms in total. The average molecular weight is 368 g/mol. The molecule has 1 heterocycles. The van der Waals surface area contributed by atoms with E-state index in [9.17, 15) is 0 Å². The summed E-state index contributed by atoms with van der Waals surface area (Å²) in [6.45, 7) is 9.75. The number of likely N-dealkylation sites (tertiary alicyclic amines) is 1. The van der Waals surface area contributed by atoms with E-state index < -0.39 is 0 Å². The van der Waals surface area contributed by atoms with Crippen LogP contribution in [-0.2, 0) is 0 Å². The Bertz CT molecular complexity index is 744. The molecule has 0 saturated carbocycles. The first-order valence-electron chi connectivity index (χ1n) is 9.44. The summed E-state index contributed by atoms with van der Waals surface area (Å²) in [5.41, 5.74) is 5.02. The molecule has 1 aliphatic rings. The molecule has 2 aromatic rings. The number of nitrogens with zero attached hydrogens (tertiary/aromatic N) is 1. The molecular weight excluding hydrogens is 338 g/mol. The monoisotopic (exact) mass is 367 g/mol. The second kappa shape index (κ2) is 8.65. The number of hydrogen-bond acceptors (Lipinski definition) is 2. The number of nitrogens with one attached hydrogen (secondary N) is 2.